The number of ether oxygens (including phenoxy) is 1. The molecule has 8 heteroatoms. The molecule has 5 nitrogen and oxygen atoms in total. The number of anilines is 2. The Morgan fingerprint density at radius 1 is 0.882 bits per heavy atom. The first-order chi connectivity index (χ1) is 16.4. The molecule has 2 heterocycles. The van der Waals surface area contributed by atoms with Crippen LogP contribution in [0.25, 0.3) is 0 Å². The van der Waals surface area contributed by atoms with Gasteiger partial charge >= 0.3 is 6.18 Å². The van der Waals surface area contributed by atoms with Crippen molar-refractivity contribution >= 4 is 28.7 Å². The van der Waals surface area contributed by atoms with E-state index in [9.17, 15) is 18.0 Å². The fourth-order valence-electron chi connectivity index (χ4n) is 4.27. The lowest BCUT2D eigenvalue weighted by Crippen LogP contribution is -2.36. The summed E-state index contributed by atoms with van der Waals surface area (Å²) in [6.45, 7) is 2.36. The molecule has 5 rings (SSSR count). The molecule has 3 aromatic carbocycles. The van der Waals surface area contributed by atoms with E-state index >= 15 is 0 Å². The molecule has 0 N–H and O–H groups in total. The second kappa shape index (κ2) is 8.95. The van der Waals surface area contributed by atoms with E-state index in [0.717, 1.165) is 17.7 Å². The second-order valence-electron chi connectivity index (χ2n) is 8.16. The highest BCUT2D eigenvalue weighted by Crippen LogP contribution is 2.39. The van der Waals surface area contributed by atoms with Gasteiger partial charge in [-0.25, -0.2) is 4.99 Å². The van der Waals surface area contributed by atoms with E-state index in [4.69, 9.17) is 4.74 Å². The summed E-state index contributed by atoms with van der Waals surface area (Å²) in [6, 6.07) is 20.3. The van der Waals surface area contributed by atoms with E-state index in [1.165, 1.54) is 6.07 Å². The Labute approximate surface area is 195 Å². The zero-order chi connectivity index (χ0) is 23.7. The quantitative estimate of drug-likeness (QED) is 0.532. The number of aliphatic imine (C=N–C) groups is 1. The number of carbonyl (C=O) groups is 1. The molecule has 0 bridgehead atoms. The number of hydrogen-bond acceptors (Lipinski definition) is 4. The molecule has 2 aliphatic heterocycles. The summed E-state index contributed by atoms with van der Waals surface area (Å²) in [7, 11) is 0. The van der Waals surface area contributed by atoms with Gasteiger partial charge in [0.25, 0.3) is 5.91 Å². The maximum absolute atomic E-state index is 13.5. The van der Waals surface area contributed by atoms with Crippen LogP contribution in [0, 0.1) is 0 Å². The van der Waals surface area contributed by atoms with Crippen LogP contribution in [0.4, 0.5) is 30.2 Å². The van der Waals surface area contributed by atoms with E-state index in [1.54, 1.807) is 17.0 Å². The molecule has 0 spiro atoms. The Morgan fingerprint density at radius 3 is 2.32 bits per heavy atom. The number of para-hydroxylation sites is 1. The average Bonchev–Trinajstić information content (AvgIpc) is 3.11. The van der Waals surface area contributed by atoms with Crippen molar-refractivity contribution in [3.63, 3.8) is 0 Å². The van der Waals surface area contributed by atoms with E-state index < -0.39 is 11.7 Å². The van der Waals surface area contributed by atoms with Gasteiger partial charge in [-0.05, 0) is 29.8 Å². The van der Waals surface area contributed by atoms with Crippen LogP contribution in [0.15, 0.2) is 77.8 Å². The Balaban J connectivity index is 1.60. The van der Waals surface area contributed by atoms with Crippen LogP contribution >= 0.6 is 0 Å². The van der Waals surface area contributed by atoms with Gasteiger partial charge in [-0.1, -0.05) is 48.5 Å². The van der Waals surface area contributed by atoms with Crippen molar-refractivity contribution in [1.29, 1.82) is 0 Å². The highest BCUT2D eigenvalue weighted by molar-refractivity contribution is 6.54. The van der Waals surface area contributed by atoms with Crippen LogP contribution in [-0.2, 0) is 22.3 Å². The van der Waals surface area contributed by atoms with Crippen LogP contribution < -0.4 is 9.80 Å². The van der Waals surface area contributed by atoms with Crippen molar-refractivity contribution in [1.82, 2.24) is 0 Å². The van der Waals surface area contributed by atoms with Crippen molar-refractivity contribution in [2.75, 3.05) is 36.1 Å². The Morgan fingerprint density at radius 2 is 1.59 bits per heavy atom. The monoisotopic (exact) mass is 465 g/mol. The number of halogens is 3. The normalized spacial score (nSPS) is 17.4. The van der Waals surface area contributed by atoms with Gasteiger partial charge in [0.2, 0.25) is 0 Å². The minimum atomic E-state index is -4.52. The van der Waals surface area contributed by atoms with Crippen molar-refractivity contribution in [3.05, 3.63) is 89.5 Å². The van der Waals surface area contributed by atoms with E-state index in [1.807, 2.05) is 47.4 Å². The van der Waals surface area contributed by atoms with Crippen LogP contribution in [0.5, 0.6) is 0 Å². The van der Waals surface area contributed by atoms with Gasteiger partial charge in [-0.15, -0.1) is 0 Å². The minimum Gasteiger partial charge on any atom is -0.378 e. The molecule has 0 radical (unpaired) electrons. The number of rotatable bonds is 4. The van der Waals surface area contributed by atoms with Gasteiger partial charge < -0.3 is 14.5 Å². The number of fused-ring (bicyclic) bond motifs is 1. The molecule has 34 heavy (non-hydrogen) atoms. The van der Waals surface area contributed by atoms with Gasteiger partial charge in [0.15, 0.2) is 0 Å². The fourth-order valence-corrected chi connectivity index (χ4v) is 4.27. The van der Waals surface area contributed by atoms with Crippen LogP contribution in [0.2, 0.25) is 0 Å². The Bertz CT molecular complexity index is 1240. The fraction of sp³-hybridized carbons (Fsp3) is 0.231. The van der Waals surface area contributed by atoms with Gasteiger partial charge in [0.05, 0.1) is 42.4 Å². The van der Waals surface area contributed by atoms with E-state index in [0.29, 0.717) is 49.8 Å². The standard InChI is InChI=1S/C26H22F3N3O2/c27-26(28,29)19-10-11-23(31-12-14-34-15-13-31)21(16-19)30-24-20-8-4-5-9-22(20)32(25(24)33)17-18-6-2-1-3-7-18/h1-11,16H,12-15,17H2. The number of alkyl halides is 3. The molecule has 0 unspecified atom stereocenters. The first-order valence-corrected chi connectivity index (χ1v) is 11.0. The summed E-state index contributed by atoms with van der Waals surface area (Å²) in [5, 5.41) is 0. The zero-order valence-corrected chi connectivity index (χ0v) is 18.3. The van der Waals surface area contributed by atoms with Crippen molar-refractivity contribution < 1.29 is 22.7 Å². The van der Waals surface area contributed by atoms with Crippen LogP contribution in [0.1, 0.15) is 16.7 Å². The highest BCUT2D eigenvalue weighted by atomic mass is 19.4. The van der Waals surface area contributed by atoms with Gasteiger partial charge in [-0.2, -0.15) is 13.2 Å². The van der Waals surface area contributed by atoms with Gasteiger partial charge in [0.1, 0.15) is 5.71 Å². The van der Waals surface area contributed by atoms with Crippen molar-refractivity contribution in [2.24, 2.45) is 4.99 Å². The van der Waals surface area contributed by atoms with Gasteiger partial charge in [-0.3, -0.25) is 4.79 Å². The maximum atomic E-state index is 13.5. The van der Waals surface area contributed by atoms with E-state index in [-0.39, 0.29) is 17.3 Å². The largest absolute Gasteiger partial charge is 0.416 e. The SMILES string of the molecule is O=C1C(=Nc2cc(C(F)(F)F)ccc2N2CCOCC2)c2ccccc2N1Cc1ccccc1. The molecule has 0 aromatic heterocycles. The summed E-state index contributed by atoms with van der Waals surface area (Å²) in [5.74, 6) is -0.338. The molecule has 1 fully saturated rings. The summed E-state index contributed by atoms with van der Waals surface area (Å²) in [4.78, 5) is 21.6. The summed E-state index contributed by atoms with van der Waals surface area (Å²) < 4.78 is 45.9. The molecule has 3 aromatic rings. The maximum Gasteiger partial charge on any atom is 0.416 e. The highest BCUT2D eigenvalue weighted by Gasteiger charge is 2.35. The third-order valence-electron chi connectivity index (χ3n) is 5.97. The minimum absolute atomic E-state index is 0.122. The van der Waals surface area contributed by atoms with Crippen molar-refractivity contribution in [2.45, 2.75) is 12.7 Å². The van der Waals surface area contributed by atoms with Crippen molar-refractivity contribution in [3.8, 4) is 0 Å². The Kier molecular flexibility index (Phi) is 5.83. The lowest BCUT2D eigenvalue weighted by atomic mass is 10.1. The molecule has 0 aliphatic carbocycles. The molecule has 0 atom stereocenters. The Hall–Kier alpha value is -3.65. The number of amides is 1. The summed E-state index contributed by atoms with van der Waals surface area (Å²) in [5.41, 5.74) is 2.25. The molecule has 174 valence electrons. The molecular weight excluding hydrogens is 443 g/mol. The molecule has 1 saturated heterocycles. The second-order valence-corrected chi connectivity index (χ2v) is 8.16. The average molecular weight is 465 g/mol. The molecule has 0 saturated carbocycles. The third-order valence-corrected chi connectivity index (χ3v) is 5.97. The van der Waals surface area contributed by atoms with Crippen LogP contribution in [-0.4, -0.2) is 37.9 Å². The number of morpholine rings is 1. The summed E-state index contributed by atoms with van der Waals surface area (Å²) >= 11 is 0. The van der Waals surface area contributed by atoms with Crippen LogP contribution in [0.3, 0.4) is 0 Å². The molecular formula is C26H22F3N3O2. The topological polar surface area (TPSA) is 45.1 Å². The predicted octanol–water partition coefficient (Wildman–Crippen LogP) is 5.21. The first-order valence-electron chi connectivity index (χ1n) is 11.0. The number of benzene rings is 3. The summed E-state index contributed by atoms with van der Waals surface area (Å²) in [6.07, 6.45) is -4.52. The predicted molar refractivity (Wildman–Crippen MR) is 125 cm³/mol. The smallest absolute Gasteiger partial charge is 0.378 e. The number of carbonyl (C=O) groups excluding carboxylic acids is 1. The lowest BCUT2D eigenvalue weighted by Gasteiger charge is -2.30. The number of hydrogen-bond donors (Lipinski definition) is 0. The van der Waals surface area contributed by atoms with Gasteiger partial charge in [0, 0.05) is 18.7 Å². The molecule has 1 amide bonds. The van der Waals surface area contributed by atoms with E-state index in [2.05, 4.69) is 4.99 Å². The zero-order valence-electron chi connectivity index (χ0n) is 18.3. The molecule has 2 aliphatic rings. The lowest BCUT2D eigenvalue weighted by molar-refractivity contribution is -0.137. The number of nitrogens with zero attached hydrogens (tertiary/aromatic N) is 3. The first kappa shape index (κ1) is 22.2. The third kappa shape index (κ3) is 4.28.